The molecule has 0 radical (unpaired) electrons. The van der Waals surface area contributed by atoms with Crippen molar-refractivity contribution >= 4 is 10.9 Å². The van der Waals surface area contributed by atoms with Crippen molar-refractivity contribution in [1.82, 2.24) is 9.88 Å². The molecule has 0 amide bonds. The minimum atomic E-state index is 0.720. The van der Waals surface area contributed by atoms with E-state index in [4.69, 9.17) is 10.5 Å². The fourth-order valence-corrected chi connectivity index (χ4v) is 2.34. The molecule has 0 bridgehead atoms. The maximum atomic E-state index is 5.62. The largest absolute Gasteiger partial charge is 0.383 e. The molecule has 0 aliphatic rings. The number of nitrogens with zero attached hydrogens (tertiary/aromatic N) is 2. The van der Waals surface area contributed by atoms with Crippen LogP contribution in [0.2, 0.25) is 0 Å². The van der Waals surface area contributed by atoms with Gasteiger partial charge in [0, 0.05) is 31.8 Å². The van der Waals surface area contributed by atoms with Crippen LogP contribution in [0.3, 0.4) is 0 Å². The number of ether oxygens (including phenoxy) is 1. The Kier molecular flexibility index (Phi) is 5.92. The summed E-state index contributed by atoms with van der Waals surface area (Å²) in [6.45, 7) is 4.25. The van der Waals surface area contributed by atoms with Gasteiger partial charge in [0.15, 0.2) is 0 Å². The van der Waals surface area contributed by atoms with E-state index in [-0.39, 0.29) is 0 Å². The molecule has 4 heteroatoms. The van der Waals surface area contributed by atoms with E-state index >= 15 is 0 Å². The molecular formula is C16H23N3O. The highest BCUT2D eigenvalue weighted by Gasteiger charge is 2.08. The Morgan fingerprint density at radius 3 is 2.85 bits per heavy atom. The smallest absolute Gasteiger partial charge is 0.0746 e. The maximum absolute atomic E-state index is 5.62. The summed E-state index contributed by atoms with van der Waals surface area (Å²) in [6, 6.07) is 10.4. The molecule has 1 heterocycles. The molecule has 0 aliphatic heterocycles. The van der Waals surface area contributed by atoms with Crippen LogP contribution >= 0.6 is 0 Å². The Labute approximate surface area is 120 Å². The first-order valence-electron chi connectivity index (χ1n) is 7.09. The number of rotatable bonds is 8. The lowest BCUT2D eigenvalue weighted by Crippen LogP contribution is -2.29. The molecule has 0 saturated heterocycles. The first kappa shape index (κ1) is 14.9. The van der Waals surface area contributed by atoms with Crippen LogP contribution in [0.15, 0.2) is 36.5 Å². The molecule has 2 rings (SSSR count). The average molecular weight is 273 g/mol. The summed E-state index contributed by atoms with van der Waals surface area (Å²) in [5, 5.41) is 1.19. The van der Waals surface area contributed by atoms with Crippen molar-refractivity contribution < 1.29 is 4.74 Å². The lowest BCUT2D eigenvalue weighted by molar-refractivity contribution is 0.144. The van der Waals surface area contributed by atoms with E-state index in [0.717, 1.165) is 44.7 Å². The van der Waals surface area contributed by atoms with Gasteiger partial charge < -0.3 is 10.5 Å². The third-order valence-electron chi connectivity index (χ3n) is 3.40. The first-order valence-corrected chi connectivity index (χ1v) is 7.09. The molecule has 0 fully saturated rings. The van der Waals surface area contributed by atoms with Gasteiger partial charge in [0.25, 0.3) is 0 Å². The van der Waals surface area contributed by atoms with Gasteiger partial charge in [-0.1, -0.05) is 24.3 Å². The number of pyridine rings is 1. The number of hydrogen-bond acceptors (Lipinski definition) is 4. The lowest BCUT2D eigenvalue weighted by Gasteiger charge is -2.22. The van der Waals surface area contributed by atoms with Crippen LogP contribution in [0.4, 0.5) is 0 Å². The summed E-state index contributed by atoms with van der Waals surface area (Å²) in [5.74, 6) is 0. The third kappa shape index (κ3) is 4.00. The third-order valence-corrected chi connectivity index (χ3v) is 3.40. The SMILES string of the molecule is COCCN(CCCN)Cc1cccc2cccnc12. The van der Waals surface area contributed by atoms with E-state index in [0.29, 0.717) is 0 Å². The highest BCUT2D eigenvalue weighted by Crippen LogP contribution is 2.17. The molecule has 20 heavy (non-hydrogen) atoms. The van der Waals surface area contributed by atoms with Crippen LogP contribution in [-0.4, -0.2) is 43.2 Å². The maximum Gasteiger partial charge on any atom is 0.0746 e. The number of benzene rings is 1. The van der Waals surface area contributed by atoms with Crippen molar-refractivity contribution in [3.8, 4) is 0 Å². The molecule has 1 aromatic heterocycles. The molecule has 0 atom stereocenters. The summed E-state index contributed by atoms with van der Waals surface area (Å²) < 4.78 is 5.19. The van der Waals surface area contributed by atoms with Crippen LogP contribution in [0.25, 0.3) is 10.9 Å². The zero-order valence-corrected chi connectivity index (χ0v) is 12.1. The summed E-state index contributed by atoms with van der Waals surface area (Å²) in [5.41, 5.74) is 7.97. The van der Waals surface area contributed by atoms with E-state index < -0.39 is 0 Å². The van der Waals surface area contributed by atoms with Crippen molar-refractivity contribution in [2.45, 2.75) is 13.0 Å². The highest BCUT2D eigenvalue weighted by molar-refractivity contribution is 5.81. The Balaban J connectivity index is 2.14. The van der Waals surface area contributed by atoms with Crippen molar-refractivity contribution in [3.63, 3.8) is 0 Å². The van der Waals surface area contributed by atoms with Gasteiger partial charge >= 0.3 is 0 Å². The molecule has 1 aromatic carbocycles. The average Bonchev–Trinajstić information content (AvgIpc) is 2.50. The number of nitrogens with two attached hydrogens (primary N) is 1. The minimum Gasteiger partial charge on any atom is -0.383 e. The normalized spacial score (nSPS) is 11.3. The van der Waals surface area contributed by atoms with E-state index in [1.165, 1.54) is 10.9 Å². The van der Waals surface area contributed by atoms with E-state index in [1.54, 1.807) is 7.11 Å². The minimum absolute atomic E-state index is 0.720. The Bertz CT molecular complexity index is 517. The zero-order valence-electron chi connectivity index (χ0n) is 12.1. The fraction of sp³-hybridized carbons (Fsp3) is 0.438. The van der Waals surface area contributed by atoms with Gasteiger partial charge in [-0.15, -0.1) is 0 Å². The zero-order chi connectivity index (χ0) is 14.2. The lowest BCUT2D eigenvalue weighted by atomic mass is 10.1. The van der Waals surface area contributed by atoms with Gasteiger partial charge in [-0.05, 0) is 31.1 Å². The van der Waals surface area contributed by atoms with Crippen LogP contribution in [0.1, 0.15) is 12.0 Å². The topological polar surface area (TPSA) is 51.4 Å². The molecular weight excluding hydrogens is 250 g/mol. The standard InChI is InChI=1S/C16H23N3O/c1-20-12-11-19(10-4-8-17)13-15-6-2-5-14-7-3-9-18-16(14)15/h2-3,5-7,9H,4,8,10-13,17H2,1H3. The molecule has 0 saturated carbocycles. The van der Waals surface area contributed by atoms with E-state index in [9.17, 15) is 0 Å². The molecule has 2 N–H and O–H groups in total. The quantitative estimate of drug-likeness (QED) is 0.799. The number of hydrogen-bond donors (Lipinski definition) is 1. The van der Waals surface area contributed by atoms with Crippen LogP contribution in [0, 0.1) is 0 Å². The summed E-state index contributed by atoms with van der Waals surface area (Å²) in [4.78, 5) is 6.89. The first-order chi connectivity index (χ1) is 9.85. The number of aromatic nitrogens is 1. The molecule has 0 spiro atoms. The molecule has 108 valence electrons. The van der Waals surface area contributed by atoms with E-state index in [2.05, 4.69) is 34.1 Å². The van der Waals surface area contributed by atoms with Gasteiger partial charge in [-0.25, -0.2) is 0 Å². The molecule has 2 aromatic rings. The monoisotopic (exact) mass is 273 g/mol. The van der Waals surface area contributed by atoms with Gasteiger partial charge in [0.05, 0.1) is 12.1 Å². The predicted octanol–water partition coefficient (Wildman–Crippen LogP) is 2.03. The Morgan fingerprint density at radius 1 is 1.20 bits per heavy atom. The molecule has 0 aliphatic carbocycles. The number of methoxy groups -OCH3 is 1. The molecule has 4 nitrogen and oxygen atoms in total. The highest BCUT2D eigenvalue weighted by atomic mass is 16.5. The predicted molar refractivity (Wildman–Crippen MR) is 82.6 cm³/mol. The fourth-order valence-electron chi connectivity index (χ4n) is 2.34. The van der Waals surface area contributed by atoms with Crippen LogP contribution < -0.4 is 5.73 Å². The van der Waals surface area contributed by atoms with E-state index in [1.807, 2.05) is 12.3 Å². The second kappa shape index (κ2) is 7.94. The Hall–Kier alpha value is -1.49. The van der Waals surface area contributed by atoms with Crippen LogP contribution in [-0.2, 0) is 11.3 Å². The summed E-state index contributed by atoms with van der Waals surface area (Å²) in [7, 11) is 1.74. The second-order valence-corrected chi connectivity index (χ2v) is 4.90. The Morgan fingerprint density at radius 2 is 2.05 bits per heavy atom. The van der Waals surface area contributed by atoms with Crippen LogP contribution in [0.5, 0.6) is 0 Å². The van der Waals surface area contributed by atoms with Gasteiger partial charge in [0.2, 0.25) is 0 Å². The number of para-hydroxylation sites is 1. The molecule has 0 unspecified atom stereocenters. The van der Waals surface area contributed by atoms with Gasteiger partial charge in [-0.3, -0.25) is 9.88 Å². The summed E-state index contributed by atoms with van der Waals surface area (Å²) >= 11 is 0. The van der Waals surface area contributed by atoms with Gasteiger partial charge in [-0.2, -0.15) is 0 Å². The van der Waals surface area contributed by atoms with Crippen molar-refractivity contribution in [2.24, 2.45) is 5.73 Å². The van der Waals surface area contributed by atoms with Gasteiger partial charge in [0.1, 0.15) is 0 Å². The van der Waals surface area contributed by atoms with Crippen molar-refractivity contribution in [2.75, 3.05) is 33.4 Å². The summed E-state index contributed by atoms with van der Waals surface area (Å²) in [6.07, 6.45) is 2.85. The van der Waals surface area contributed by atoms with Crippen molar-refractivity contribution in [1.29, 1.82) is 0 Å². The second-order valence-electron chi connectivity index (χ2n) is 4.90. The number of fused-ring (bicyclic) bond motifs is 1. The van der Waals surface area contributed by atoms with Crippen molar-refractivity contribution in [3.05, 3.63) is 42.1 Å².